The molecule has 0 saturated carbocycles. The predicted octanol–water partition coefficient (Wildman–Crippen LogP) is 4.90. The number of hydrogen-bond donors (Lipinski definition) is 1. The Bertz CT molecular complexity index is 843. The summed E-state index contributed by atoms with van der Waals surface area (Å²) in [5.74, 6) is 0. The number of fused-ring (bicyclic) bond motifs is 3. The van der Waals surface area contributed by atoms with Gasteiger partial charge < -0.3 is 9.73 Å². The van der Waals surface area contributed by atoms with Crippen molar-refractivity contribution >= 4 is 67.1 Å². The third kappa shape index (κ3) is 2.53. The van der Waals surface area contributed by atoms with Gasteiger partial charge in [0.2, 0.25) is 0 Å². The number of aliphatic imine (C=N–C) groups is 1. The van der Waals surface area contributed by atoms with Crippen LogP contribution in [0.15, 0.2) is 51.9 Å². The Balaban J connectivity index is 1.66. The Hall–Kier alpha value is -1.21. The van der Waals surface area contributed by atoms with E-state index in [2.05, 4.69) is 57.2 Å². The summed E-state index contributed by atoms with van der Waals surface area (Å²) in [6, 6.07) is 14.4. The highest BCUT2D eigenvalue weighted by molar-refractivity contribution is 14.1. The molecule has 2 aromatic carbocycles. The van der Waals surface area contributed by atoms with Crippen LogP contribution in [0.4, 0.5) is 5.69 Å². The quantitative estimate of drug-likeness (QED) is 0.484. The first-order valence-electron chi connectivity index (χ1n) is 6.79. The van der Waals surface area contributed by atoms with Crippen molar-refractivity contribution in [1.29, 1.82) is 0 Å². The van der Waals surface area contributed by atoms with Gasteiger partial charge in [0.15, 0.2) is 5.17 Å². The standard InChI is InChI=1S/C16H13IN2OS/c17-8-11-9-18-16(21-11)19-10-5-6-13-12-3-1-2-4-14(12)20-15(13)7-10/h1-7,11H,8-9H2,(H,18,19). The lowest BCUT2D eigenvalue weighted by Crippen LogP contribution is -2.08. The number of benzene rings is 2. The van der Waals surface area contributed by atoms with Crippen molar-refractivity contribution in [1.82, 2.24) is 0 Å². The molecule has 1 N–H and O–H groups in total. The zero-order valence-corrected chi connectivity index (χ0v) is 14.1. The van der Waals surface area contributed by atoms with Crippen LogP contribution >= 0.6 is 34.4 Å². The first kappa shape index (κ1) is 13.5. The van der Waals surface area contributed by atoms with Gasteiger partial charge in [-0.1, -0.05) is 52.6 Å². The fraction of sp³-hybridized carbons (Fsp3) is 0.188. The Kier molecular flexibility index (Phi) is 3.54. The normalized spacial score (nSPS) is 18.3. The molecule has 0 fully saturated rings. The zero-order valence-electron chi connectivity index (χ0n) is 11.2. The maximum absolute atomic E-state index is 5.91. The van der Waals surface area contributed by atoms with E-state index >= 15 is 0 Å². The topological polar surface area (TPSA) is 37.5 Å². The fourth-order valence-corrected chi connectivity index (χ4v) is 4.17. The van der Waals surface area contributed by atoms with E-state index < -0.39 is 0 Å². The number of rotatable bonds is 2. The molecule has 1 unspecified atom stereocenters. The molecule has 3 aromatic rings. The average Bonchev–Trinajstić information content (AvgIpc) is 3.10. The summed E-state index contributed by atoms with van der Waals surface area (Å²) in [4.78, 5) is 4.54. The third-order valence-corrected chi connectivity index (χ3v) is 6.28. The molecule has 4 rings (SSSR count). The Morgan fingerprint density at radius 1 is 1.19 bits per heavy atom. The van der Waals surface area contributed by atoms with Crippen LogP contribution < -0.4 is 5.32 Å². The highest BCUT2D eigenvalue weighted by Gasteiger charge is 2.18. The first-order valence-corrected chi connectivity index (χ1v) is 9.19. The van der Waals surface area contributed by atoms with E-state index in [-0.39, 0.29) is 0 Å². The molecule has 0 bridgehead atoms. The minimum absolute atomic E-state index is 0.600. The van der Waals surface area contributed by atoms with Crippen LogP contribution in [0.3, 0.4) is 0 Å². The number of furan rings is 1. The summed E-state index contributed by atoms with van der Waals surface area (Å²) in [7, 11) is 0. The maximum Gasteiger partial charge on any atom is 0.161 e. The van der Waals surface area contributed by atoms with Gasteiger partial charge in [0, 0.05) is 32.2 Å². The van der Waals surface area contributed by atoms with Crippen molar-refractivity contribution in [2.75, 3.05) is 16.3 Å². The van der Waals surface area contributed by atoms with Crippen molar-refractivity contribution in [2.45, 2.75) is 5.25 Å². The minimum atomic E-state index is 0.600. The van der Waals surface area contributed by atoms with E-state index in [1.165, 1.54) is 0 Å². The Morgan fingerprint density at radius 2 is 2.05 bits per heavy atom. The van der Waals surface area contributed by atoms with E-state index in [0.717, 1.165) is 43.8 Å². The summed E-state index contributed by atoms with van der Waals surface area (Å²) in [5, 5.41) is 7.32. The van der Waals surface area contributed by atoms with Crippen LogP contribution in [0, 0.1) is 0 Å². The number of para-hydroxylation sites is 1. The van der Waals surface area contributed by atoms with Crippen LogP contribution in [-0.2, 0) is 0 Å². The van der Waals surface area contributed by atoms with Crippen molar-refractivity contribution in [3.05, 3.63) is 42.5 Å². The average molecular weight is 408 g/mol. The lowest BCUT2D eigenvalue weighted by molar-refractivity contribution is 0.669. The molecule has 1 aromatic heterocycles. The van der Waals surface area contributed by atoms with Gasteiger partial charge in [0.05, 0.1) is 6.54 Å². The second kappa shape index (κ2) is 5.53. The molecule has 1 aliphatic heterocycles. The molecule has 0 aliphatic carbocycles. The second-order valence-electron chi connectivity index (χ2n) is 4.97. The fourth-order valence-electron chi connectivity index (χ4n) is 2.49. The van der Waals surface area contributed by atoms with Crippen LogP contribution in [0.25, 0.3) is 21.9 Å². The molecule has 1 aliphatic rings. The first-order chi connectivity index (χ1) is 10.3. The monoisotopic (exact) mass is 408 g/mol. The predicted molar refractivity (Wildman–Crippen MR) is 99.9 cm³/mol. The van der Waals surface area contributed by atoms with Gasteiger partial charge in [0.25, 0.3) is 0 Å². The molecule has 2 heterocycles. The van der Waals surface area contributed by atoms with Gasteiger partial charge in [-0.2, -0.15) is 0 Å². The van der Waals surface area contributed by atoms with E-state index in [9.17, 15) is 0 Å². The number of hydrogen-bond acceptors (Lipinski definition) is 4. The van der Waals surface area contributed by atoms with Gasteiger partial charge in [-0.3, -0.25) is 4.99 Å². The Morgan fingerprint density at radius 3 is 2.90 bits per heavy atom. The van der Waals surface area contributed by atoms with Crippen LogP contribution in [-0.4, -0.2) is 21.4 Å². The van der Waals surface area contributed by atoms with Crippen molar-refractivity contribution in [3.8, 4) is 0 Å². The van der Waals surface area contributed by atoms with Gasteiger partial charge in [0.1, 0.15) is 11.2 Å². The molecule has 5 heteroatoms. The van der Waals surface area contributed by atoms with Crippen molar-refractivity contribution in [2.24, 2.45) is 4.99 Å². The molecule has 0 spiro atoms. The van der Waals surface area contributed by atoms with E-state index in [4.69, 9.17) is 4.42 Å². The zero-order chi connectivity index (χ0) is 14.2. The third-order valence-electron chi connectivity index (χ3n) is 3.52. The number of nitrogens with zero attached hydrogens (tertiary/aromatic N) is 1. The number of alkyl halides is 1. The van der Waals surface area contributed by atoms with Gasteiger partial charge in [-0.25, -0.2) is 0 Å². The largest absolute Gasteiger partial charge is 0.456 e. The number of thioether (sulfide) groups is 1. The van der Waals surface area contributed by atoms with Crippen LogP contribution in [0.1, 0.15) is 0 Å². The highest BCUT2D eigenvalue weighted by atomic mass is 127. The highest BCUT2D eigenvalue weighted by Crippen LogP contribution is 2.31. The SMILES string of the molecule is ICC1CN=C(Nc2ccc3c(c2)oc2ccccc23)S1. The van der Waals surface area contributed by atoms with Gasteiger partial charge in [-0.15, -0.1) is 0 Å². The molecule has 0 radical (unpaired) electrons. The van der Waals surface area contributed by atoms with Crippen LogP contribution in [0.5, 0.6) is 0 Å². The summed E-state index contributed by atoms with van der Waals surface area (Å²) in [6.07, 6.45) is 0. The molecular weight excluding hydrogens is 395 g/mol. The van der Waals surface area contributed by atoms with Gasteiger partial charge in [-0.05, 0) is 18.2 Å². The molecule has 0 saturated heterocycles. The summed E-state index contributed by atoms with van der Waals surface area (Å²) < 4.78 is 7.04. The minimum Gasteiger partial charge on any atom is -0.456 e. The molecule has 21 heavy (non-hydrogen) atoms. The molecule has 1 atom stereocenters. The smallest absolute Gasteiger partial charge is 0.161 e. The molecule has 0 amide bonds. The Labute approximate surface area is 140 Å². The molecule has 106 valence electrons. The lowest BCUT2D eigenvalue weighted by Gasteiger charge is -2.06. The van der Waals surface area contributed by atoms with E-state index in [0.29, 0.717) is 5.25 Å². The number of anilines is 1. The summed E-state index contributed by atoms with van der Waals surface area (Å²) in [6.45, 7) is 0.906. The van der Waals surface area contributed by atoms with Crippen LogP contribution in [0.2, 0.25) is 0 Å². The molecule has 3 nitrogen and oxygen atoms in total. The van der Waals surface area contributed by atoms with Crippen molar-refractivity contribution < 1.29 is 4.42 Å². The molecular formula is C16H13IN2OS. The van der Waals surface area contributed by atoms with E-state index in [1.807, 2.05) is 30.0 Å². The van der Waals surface area contributed by atoms with E-state index in [1.54, 1.807) is 0 Å². The number of nitrogens with one attached hydrogen (secondary N) is 1. The lowest BCUT2D eigenvalue weighted by atomic mass is 10.1. The number of amidine groups is 1. The van der Waals surface area contributed by atoms with Gasteiger partial charge >= 0.3 is 0 Å². The maximum atomic E-state index is 5.91. The second-order valence-corrected chi connectivity index (χ2v) is 7.14. The summed E-state index contributed by atoms with van der Waals surface area (Å²) in [5.41, 5.74) is 2.87. The number of halogens is 1. The van der Waals surface area contributed by atoms with Crippen molar-refractivity contribution in [3.63, 3.8) is 0 Å². The summed E-state index contributed by atoms with van der Waals surface area (Å²) >= 11 is 4.23.